The quantitative estimate of drug-likeness (QED) is 0.588. The van der Waals surface area contributed by atoms with Gasteiger partial charge in [-0.2, -0.15) is 13.2 Å². The SMILES string of the molecule is C[C@H]1CN(Cc2ccc(C(C)(C)C)cc2)CCN1c1ccc(F)cc1C(F)(F)F. The van der Waals surface area contributed by atoms with Crippen LogP contribution in [0, 0.1) is 5.82 Å². The first-order valence-corrected chi connectivity index (χ1v) is 9.90. The molecule has 29 heavy (non-hydrogen) atoms. The summed E-state index contributed by atoms with van der Waals surface area (Å²) < 4.78 is 53.6. The van der Waals surface area contributed by atoms with Crippen LogP contribution in [0.2, 0.25) is 0 Å². The van der Waals surface area contributed by atoms with Gasteiger partial charge in [0, 0.05) is 37.9 Å². The second-order valence-electron chi connectivity index (χ2n) is 8.88. The smallest absolute Gasteiger partial charge is 0.366 e. The third-order valence-corrected chi connectivity index (χ3v) is 5.51. The summed E-state index contributed by atoms with van der Waals surface area (Å²) in [6, 6.07) is 11.4. The van der Waals surface area contributed by atoms with E-state index in [1.165, 1.54) is 17.2 Å². The summed E-state index contributed by atoms with van der Waals surface area (Å²) in [5.41, 5.74) is 1.72. The average molecular weight is 408 g/mol. The summed E-state index contributed by atoms with van der Waals surface area (Å²) in [4.78, 5) is 3.99. The minimum Gasteiger partial charge on any atom is -0.366 e. The highest BCUT2D eigenvalue weighted by Crippen LogP contribution is 2.38. The average Bonchev–Trinajstić information content (AvgIpc) is 2.61. The van der Waals surface area contributed by atoms with E-state index in [0.717, 1.165) is 12.6 Å². The number of anilines is 1. The zero-order valence-electron chi connectivity index (χ0n) is 17.4. The van der Waals surface area contributed by atoms with Gasteiger partial charge in [0.2, 0.25) is 0 Å². The van der Waals surface area contributed by atoms with Crippen LogP contribution in [-0.4, -0.2) is 30.6 Å². The Hall–Kier alpha value is -2.08. The van der Waals surface area contributed by atoms with Crippen molar-refractivity contribution >= 4 is 5.69 Å². The van der Waals surface area contributed by atoms with E-state index in [0.29, 0.717) is 25.7 Å². The van der Waals surface area contributed by atoms with Gasteiger partial charge in [-0.15, -0.1) is 0 Å². The number of hydrogen-bond acceptors (Lipinski definition) is 2. The number of hydrogen-bond donors (Lipinski definition) is 0. The van der Waals surface area contributed by atoms with Crippen LogP contribution in [0.4, 0.5) is 23.2 Å². The molecule has 0 amide bonds. The molecule has 1 heterocycles. The molecule has 0 N–H and O–H groups in total. The summed E-state index contributed by atoms with van der Waals surface area (Å²) in [6.07, 6.45) is -4.58. The van der Waals surface area contributed by atoms with E-state index in [1.54, 1.807) is 4.90 Å². The van der Waals surface area contributed by atoms with E-state index in [-0.39, 0.29) is 17.1 Å². The van der Waals surface area contributed by atoms with Crippen molar-refractivity contribution in [3.8, 4) is 0 Å². The molecule has 0 radical (unpaired) electrons. The zero-order chi connectivity index (χ0) is 21.4. The number of benzene rings is 2. The summed E-state index contributed by atoms with van der Waals surface area (Å²) in [6.45, 7) is 11.0. The Bertz CT molecular complexity index is 837. The lowest BCUT2D eigenvalue weighted by Gasteiger charge is -2.42. The second-order valence-corrected chi connectivity index (χ2v) is 8.88. The maximum Gasteiger partial charge on any atom is 0.418 e. The van der Waals surface area contributed by atoms with Gasteiger partial charge in [0.25, 0.3) is 0 Å². The Labute approximate surface area is 170 Å². The fraction of sp³-hybridized carbons (Fsp3) is 0.478. The Morgan fingerprint density at radius 3 is 2.17 bits per heavy atom. The molecule has 0 unspecified atom stereocenters. The summed E-state index contributed by atoms with van der Waals surface area (Å²) in [5.74, 6) is -0.869. The lowest BCUT2D eigenvalue weighted by atomic mass is 9.87. The van der Waals surface area contributed by atoms with Crippen LogP contribution in [0.25, 0.3) is 0 Å². The highest BCUT2D eigenvalue weighted by Gasteiger charge is 2.37. The molecule has 0 aromatic heterocycles. The van der Waals surface area contributed by atoms with Gasteiger partial charge in [-0.1, -0.05) is 45.0 Å². The molecule has 3 rings (SSSR count). The Morgan fingerprint density at radius 1 is 0.966 bits per heavy atom. The molecule has 1 fully saturated rings. The van der Waals surface area contributed by atoms with Gasteiger partial charge in [-0.3, -0.25) is 4.90 Å². The number of alkyl halides is 3. The van der Waals surface area contributed by atoms with Gasteiger partial charge in [0.15, 0.2) is 0 Å². The number of halogens is 4. The standard InChI is InChI=1S/C23H28F4N2/c1-16-14-28(15-17-5-7-18(8-6-17)22(2,3)4)11-12-29(16)21-10-9-19(24)13-20(21)23(25,26)27/h5-10,13,16H,11-12,14-15H2,1-4H3/t16-/m0/s1. The minimum atomic E-state index is -4.58. The van der Waals surface area contributed by atoms with Crippen LogP contribution < -0.4 is 4.90 Å². The minimum absolute atomic E-state index is 0.0561. The number of nitrogens with zero attached hydrogens (tertiary/aromatic N) is 2. The van der Waals surface area contributed by atoms with E-state index in [9.17, 15) is 17.6 Å². The number of rotatable bonds is 3. The number of piperazine rings is 1. The molecule has 0 saturated carbocycles. The Morgan fingerprint density at radius 2 is 1.62 bits per heavy atom. The van der Waals surface area contributed by atoms with Crippen LogP contribution in [-0.2, 0) is 18.1 Å². The van der Waals surface area contributed by atoms with Gasteiger partial charge in [-0.05, 0) is 41.7 Å². The van der Waals surface area contributed by atoms with Crippen molar-refractivity contribution in [1.29, 1.82) is 0 Å². The highest BCUT2D eigenvalue weighted by molar-refractivity contribution is 5.56. The first-order valence-electron chi connectivity index (χ1n) is 9.90. The molecule has 2 aromatic carbocycles. The monoisotopic (exact) mass is 408 g/mol. The molecular weight excluding hydrogens is 380 g/mol. The summed E-state index contributed by atoms with van der Waals surface area (Å²) in [5, 5.41) is 0. The maximum atomic E-state index is 13.4. The molecule has 2 aromatic rings. The van der Waals surface area contributed by atoms with Crippen molar-refractivity contribution in [3.63, 3.8) is 0 Å². The molecule has 0 bridgehead atoms. The Balaban J connectivity index is 1.70. The third kappa shape index (κ3) is 5.10. The van der Waals surface area contributed by atoms with Crippen molar-refractivity contribution in [2.45, 2.75) is 51.9 Å². The van der Waals surface area contributed by atoms with Crippen molar-refractivity contribution in [1.82, 2.24) is 4.90 Å². The van der Waals surface area contributed by atoms with Gasteiger partial charge < -0.3 is 4.90 Å². The largest absolute Gasteiger partial charge is 0.418 e. The predicted molar refractivity (Wildman–Crippen MR) is 109 cm³/mol. The lowest BCUT2D eigenvalue weighted by Crippen LogP contribution is -2.52. The van der Waals surface area contributed by atoms with Crippen molar-refractivity contribution < 1.29 is 17.6 Å². The topological polar surface area (TPSA) is 6.48 Å². The normalized spacial score (nSPS) is 18.9. The van der Waals surface area contributed by atoms with Gasteiger partial charge in [0.1, 0.15) is 5.82 Å². The highest BCUT2D eigenvalue weighted by atomic mass is 19.4. The molecule has 1 aliphatic rings. The first kappa shape index (κ1) is 21.6. The molecule has 158 valence electrons. The van der Waals surface area contributed by atoms with E-state index in [1.807, 2.05) is 6.92 Å². The molecular formula is C23H28F4N2. The first-order chi connectivity index (χ1) is 13.4. The molecule has 1 atom stereocenters. The van der Waals surface area contributed by atoms with Crippen molar-refractivity contribution in [3.05, 3.63) is 65.0 Å². The maximum absolute atomic E-state index is 13.4. The van der Waals surface area contributed by atoms with Crippen LogP contribution in [0.15, 0.2) is 42.5 Å². The van der Waals surface area contributed by atoms with E-state index < -0.39 is 17.6 Å². The van der Waals surface area contributed by atoms with E-state index in [2.05, 4.69) is 49.9 Å². The molecule has 0 spiro atoms. The third-order valence-electron chi connectivity index (χ3n) is 5.51. The van der Waals surface area contributed by atoms with E-state index >= 15 is 0 Å². The van der Waals surface area contributed by atoms with Crippen LogP contribution >= 0.6 is 0 Å². The van der Waals surface area contributed by atoms with Gasteiger partial charge in [-0.25, -0.2) is 4.39 Å². The van der Waals surface area contributed by atoms with Gasteiger partial charge >= 0.3 is 6.18 Å². The molecule has 6 heteroatoms. The fourth-order valence-electron chi connectivity index (χ4n) is 3.89. The second kappa shape index (κ2) is 7.98. The summed E-state index contributed by atoms with van der Waals surface area (Å²) in [7, 11) is 0. The van der Waals surface area contributed by atoms with Crippen molar-refractivity contribution in [2.75, 3.05) is 24.5 Å². The molecule has 1 aliphatic heterocycles. The van der Waals surface area contributed by atoms with Crippen LogP contribution in [0.5, 0.6) is 0 Å². The zero-order valence-corrected chi connectivity index (χ0v) is 17.4. The molecule has 2 nitrogen and oxygen atoms in total. The fourth-order valence-corrected chi connectivity index (χ4v) is 3.89. The van der Waals surface area contributed by atoms with Crippen LogP contribution in [0.1, 0.15) is 44.4 Å². The van der Waals surface area contributed by atoms with Crippen LogP contribution in [0.3, 0.4) is 0 Å². The van der Waals surface area contributed by atoms with Gasteiger partial charge in [0.05, 0.1) is 5.56 Å². The van der Waals surface area contributed by atoms with E-state index in [4.69, 9.17) is 0 Å². The lowest BCUT2D eigenvalue weighted by molar-refractivity contribution is -0.137. The summed E-state index contributed by atoms with van der Waals surface area (Å²) >= 11 is 0. The predicted octanol–water partition coefficient (Wildman–Crippen LogP) is 5.85. The molecule has 1 saturated heterocycles. The molecule has 0 aliphatic carbocycles. The van der Waals surface area contributed by atoms with Crippen molar-refractivity contribution in [2.24, 2.45) is 0 Å². The Kier molecular flexibility index (Phi) is 5.95.